The van der Waals surface area contributed by atoms with Crippen LogP contribution in [0.1, 0.15) is 47.4 Å². The molecule has 1 amide bonds. The summed E-state index contributed by atoms with van der Waals surface area (Å²) >= 11 is 0. The highest BCUT2D eigenvalue weighted by Gasteiger charge is 2.37. The molecular weight excluding hydrogens is 437 g/mol. The van der Waals surface area contributed by atoms with E-state index in [1.54, 1.807) is 11.0 Å². The zero-order valence-electron chi connectivity index (χ0n) is 18.9. The number of rotatable bonds is 1. The quantitative estimate of drug-likeness (QED) is 0.597. The number of aromatic nitrogens is 1. The van der Waals surface area contributed by atoms with Gasteiger partial charge in [-0.25, -0.2) is 4.39 Å². The van der Waals surface area contributed by atoms with Crippen molar-refractivity contribution in [1.82, 2.24) is 9.58 Å². The fourth-order valence-corrected chi connectivity index (χ4v) is 4.75. The number of fused-ring (bicyclic) bond motifs is 5. The molecule has 3 heterocycles. The summed E-state index contributed by atoms with van der Waals surface area (Å²) in [4.78, 5) is 27.2. The van der Waals surface area contributed by atoms with Crippen LogP contribution in [0.15, 0.2) is 65.6 Å². The molecule has 2 bridgehead atoms. The van der Waals surface area contributed by atoms with Crippen molar-refractivity contribution in [2.75, 3.05) is 24.8 Å². The summed E-state index contributed by atoms with van der Waals surface area (Å²) in [6.07, 6.45) is 2.97. The summed E-state index contributed by atoms with van der Waals surface area (Å²) in [7, 11) is 0. The monoisotopic (exact) mass is 463 g/mol. The second-order valence-electron chi connectivity index (χ2n) is 8.90. The minimum atomic E-state index is -0.623. The molecular formula is C26H26FN3O4. The lowest BCUT2D eigenvalue weighted by Crippen LogP contribution is -2.55. The summed E-state index contributed by atoms with van der Waals surface area (Å²) in [5.41, 5.74) is 0.727. The van der Waals surface area contributed by atoms with Crippen molar-refractivity contribution in [3.63, 3.8) is 0 Å². The van der Waals surface area contributed by atoms with E-state index in [1.807, 2.05) is 48.3 Å². The van der Waals surface area contributed by atoms with Crippen molar-refractivity contribution in [2.24, 2.45) is 5.92 Å². The van der Waals surface area contributed by atoms with Gasteiger partial charge >= 0.3 is 0 Å². The maximum Gasteiger partial charge on any atom is 0.277 e. The minimum Gasteiger partial charge on any atom is -0.502 e. The Kier molecular flexibility index (Phi) is 5.73. The Labute approximate surface area is 196 Å². The summed E-state index contributed by atoms with van der Waals surface area (Å²) < 4.78 is 22.7. The number of amides is 1. The molecule has 1 aromatic heterocycles. The maximum atomic E-state index is 15.1. The molecule has 34 heavy (non-hydrogen) atoms. The molecule has 0 aliphatic carbocycles. The van der Waals surface area contributed by atoms with Crippen molar-refractivity contribution >= 4 is 5.91 Å². The van der Waals surface area contributed by atoms with Gasteiger partial charge in [0.1, 0.15) is 12.7 Å². The first-order valence-corrected chi connectivity index (χ1v) is 11.4. The van der Waals surface area contributed by atoms with Gasteiger partial charge in [0.15, 0.2) is 23.0 Å². The van der Waals surface area contributed by atoms with E-state index in [0.29, 0.717) is 25.1 Å². The van der Waals surface area contributed by atoms with Crippen LogP contribution in [-0.2, 0) is 0 Å². The highest BCUT2D eigenvalue weighted by atomic mass is 19.1. The van der Waals surface area contributed by atoms with Gasteiger partial charge in [-0.05, 0) is 30.4 Å². The second kappa shape index (κ2) is 8.85. The van der Waals surface area contributed by atoms with E-state index in [4.69, 9.17) is 4.74 Å². The number of hydrogen-bond acceptors (Lipinski definition) is 5. The van der Waals surface area contributed by atoms with Gasteiger partial charge in [0, 0.05) is 24.4 Å². The van der Waals surface area contributed by atoms with E-state index in [-0.39, 0.29) is 24.0 Å². The standard InChI is InChI=1S/C26H26FN3O4/c1-17-7-6-13-28-16-30(29-14-12-21(31)24(32)23(29)26(28)33)22(18-8-3-2-4-9-18)19-10-5-11-20(27)25(19)34-15-17/h2-5,8-12,14,17,22,32H,6-7,13,15-16H2,1H3/t17?,22-/m0/s1. The topological polar surface area (TPSA) is 75.0 Å². The van der Waals surface area contributed by atoms with E-state index in [1.165, 1.54) is 23.0 Å². The molecule has 8 heteroatoms. The molecule has 3 aromatic rings. The molecule has 0 radical (unpaired) electrons. The van der Waals surface area contributed by atoms with E-state index in [9.17, 15) is 14.7 Å². The number of halogens is 1. The number of benzene rings is 2. The molecule has 0 saturated heterocycles. The Morgan fingerprint density at radius 2 is 1.85 bits per heavy atom. The largest absolute Gasteiger partial charge is 0.502 e. The predicted octanol–water partition coefficient (Wildman–Crippen LogP) is 3.64. The third-order valence-corrected chi connectivity index (χ3v) is 6.48. The Bertz CT molecular complexity index is 1280. The lowest BCUT2D eigenvalue weighted by atomic mass is 9.96. The maximum absolute atomic E-state index is 15.1. The van der Waals surface area contributed by atoms with Gasteiger partial charge in [-0.1, -0.05) is 49.4 Å². The first-order valence-electron chi connectivity index (χ1n) is 11.4. The lowest BCUT2D eigenvalue weighted by molar-refractivity contribution is 0.0670. The summed E-state index contributed by atoms with van der Waals surface area (Å²) in [5.74, 6) is -1.14. The zero-order valence-corrected chi connectivity index (χ0v) is 18.9. The fraction of sp³-hybridized carbons (Fsp3) is 0.308. The van der Waals surface area contributed by atoms with Crippen molar-refractivity contribution in [2.45, 2.75) is 25.8 Å². The number of hydrogen-bond donors (Lipinski definition) is 1. The van der Waals surface area contributed by atoms with Crippen molar-refractivity contribution < 1.29 is 19.0 Å². The number of carbonyl (C=O) groups is 1. The van der Waals surface area contributed by atoms with E-state index in [2.05, 4.69) is 0 Å². The van der Waals surface area contributed by atoms with Crippen LogP contribution < -0.4 is 15.2 Å². The fourth-order valence-electron chi connectivity index (χ4n) is 4.75. The van der Waals surface area contributed by atoms with Gasteiger partial charge in [0.25, 0.3) is 5.91 Å². The average Bonchev–Trinajstić information content (AvgIpc) is 2.83. The highest BCUT2D eigenvalue weighted by molar-refractivity contribution is 5.96. The minimum absolute atomic E-state index is 0.0938. The molecule has 176 valence electrons. The van der Waals surface area contributed by atoms with Crippen molar-refractivity contribution in [1.29, 1.82) is 0 Å². The zero-order chi connectivity index (χ0) is 23.8. The molecule has 2 aromatic carbocycles. The van der Waals surface area contributed by atoms with Crippen LogP contribution in [0, 0.1) is 11.7 Å². The average molecular weight is 464 g/mol. The van der Waals surface area contributed by atoms with Crippen LogP contribution in [0.3, 0.4) is 0 Å². The molecule has 0 spiro atoms. The number of carbonyl (C=O) groups excluding carboxylic acids is 1. The molecule has 0 fully saturated rings. The lowest BCUT2D eigenvalue weighted by Gasteiger charge is -2.44. The van der Waals surface area contributed by atoms with Gasteiger partial charge in [-0.2, -0.15) is 0 Å². The van der Waals surface area contributed by atoms with Gasteiger partial charge in [0.2, 0.25) is 5.43 Å². The molecule has 2 atom stereocenters. The Balaban J connectivity index is 1.78. The molecule has 2 aliphatic rings. The highest BCUT2D eigenvalue weighted by Crippen LogP contribution is 2.38. The molecule has 5 rings (SSSR count). The molecule has 7 nitrogen and oxygen atoms in total. The van der Waals surface area contributed by atoms with E-state index in [0.717, 1.165) is 12.0 Å². The smallest absolute Gasteiger partial charge is 0.277 e. The summed E-state index contributed by atoms with van der Waals surface area (Å²) in [5, 5.41) is 12.5. The number of nitrogens with zero attached hydrogens (tertiary/aromatic N) is 3. The third-order valence-electron chi connectivity index (χ3n) is 6.48. The number of ether oxygens (including phenoxy) is 1. The van der Waals surface area contributed by atoms with Gasteiger partial charge in [0.05, 0.1) is 6.61 Å². The Morgan fingerprint density at radius 3 is 2.65 bits per heavy atom. The third kappa shape index (κ3) is 3.79. The van der Waals surface area contributed by atoms with Crippen molar-refractivity contribution in [3.8, 4) is 11.5 Å². The first-order chi connectivity index (χ1) is 16.5. The van der Waals surface area contributed by atoms with Crippen LogP contribution in [0.2, 0.25) is 0 Å². The van der Waals surface area contributed by atoms with Crippen molar-refractivity contribution in [3.05, 3.63) is 93.7 Å². The number of para-hydroxylation sites is 1. The predicted molar refractivity (Wildman–Crippen MR) is 125 cm³/mol. The molecule has 2 aliphatic heterocycles. The van der Waals surface area contributed by atoms with Crippen LogP contribution >= 0.6 is 0 Å². The molecule has 1 unspecified atom stereocenters. The SMILES string of the molecule is CC1CCCN2CN([C@@H](c3ccccc3)c3cccc(F)c3OC1)n1ccc(=O)c(O)c1C2=O. The summed E-state index contributed by atoms with van der Waals surface area (Å²) in [6, 6.07) is 15.0. The van der Waals surface area contributed by atoms with Gasteiger partial charge < -0.3 is 14.7 Å². The number of aromatic hydroxyl groups is 1. The molecule has 0 saturated carbocycles. The summed E-state index contributed by atoms with van der Waals surface area (Å²) in [6.45, 7) is 3.04. The van der Waals surface area contributed by atoms with Crippen LogP contribution in [0.25, 0.3) is 0 Å². The Hall–Kier alpha value is -3.81. The van der Waals surface area contributed by atoms with Gasteiger partial charge in [-0.15, -0.1) is 0 Å². The van der Waals surface area contributed by atoms with Crippen LogP contribution in [0.4, 0.5) is 4.39 Å². The Morgan fingerprint density at radius 1 is 1.06 bits per heavy atom. The first kappa shape index (κ1) is 22.0. The normalized spacial score (nSPS) is 20.5. The number of pyridine rings is 1. The van der Waals surface area contributed by atoms with E-state index >= 15 is 4.39 Å². The van der Waals surface area contributed by atoms with Crippen LogP contribution in [0.5, 0.6) is 11.5 Å². The second-order valence-corrected chi connectivity index (χ2v) is 8.90. The van der Waals surface area contributed by atoms with Gasteiger partial charge in [-0.3, -0.25) is 19.3 Å². The van der Waals surface area contributed by atoms with Crippen LogP contribution in [-0.4, -0.2) is 40.4 Å². The van der Waals surface area contributed by atoms with E-state index < -0.39 is 28.9 Å². The molecule has 1 N–H and O–H groups in total.